The van der Waals surface area contributed by atoms with Crippen LogP contribution in [0.15, 0.2) is 18.2 Å². The van der Waals surface area contributed by atoms with Crippen molar-refractivity contribution in [2.24, 2.45) is 11.1 Å². The maximum absolute atomic E-state index is 13.2. The summed E-state index contributed by atoms with van der Waals surface area (Å²) in [4.78, 5) is 11.8. The zero-order valence-corrected chi connectivity index (χ0v) is 10.8. The number of carbonyl (C=O) groups excluding carboxylic acids is 1. The predicted octanol–water partition coefficient (Wildman–Crippen LogP) is 2.79. The Kier molecular flexibility index (Phi) is 4.11. The van der Waals surface area contributed by atoms with Crippen molar-refractivity contribution in [2.45, 2.75) is 26.8 Å². The molecular formula is C12H16ClFN2O. The van der Waals surface area contributed by atoms with Crippen LogP contribution in [0, 0.1) is 11.2 Å². The molecule has 0 aliphatic heterocycles. The van der Waals surface area contributed by atoms with Gasteiger partial charge in [-0.1, -0.05) is 32.4 Å². The van der Waals surface area contributed by atoms with Crippen molar-refractivity contribution < 1.29 is 9.18 Å². The van der Waals surface area contributed by atoms with Crippen LogP contribution >= 0.6 is 11.6 Å². The summed E-state index contributed by atoms with van der Waals surface area (Å²) in [5, 5.41) is 2.57. The fraction of sp³-hybridized carbons (Fsp3) is 0.417. The van der Waals surface area contributed by atoms with Crippen molar-refractivity contribution in [3.05, 3.63) is 29.0 Å². The Morgan fingerprint density at radius 3 is 2.53 bits per heavy atom. The molecule has 0 heterocycles. The molecule has 0 bridgehead atoms. The summed E-state index contributed by atoms with van der Waals surface area (Å²) in [6.07, 6.45) is 0. The molecule has 0 saturated carbocycles. The number of hydrogen-bond acceptors (Lipinski definition) is 2. The number of amides is 1. The first kappa shape index (κ1) is 13.9. The van der Waals surface area contributed by atoms with E-state index < -0.39 is 11.9 Å². The van der Waals surface area contributed by atoms with Gasteiger partial charge in [-0.2, -0.15) is 0 Å². The molecule has 0 aliphatic carbocycles. The van der Waals surface area contributed by atoms with E-state index >= 15 is 0 Å². The van der Waals surface area contributed by atoms with E-state index in [1.165, 1.54) is 12.1 Å². The van der Waals surface area contributed by atoms with Crippen LogP contribution in [0.4, 0.5) is 10.1 Å². The molecule has 1 aromatic carbocycles. The van der Waals surface area contributed by atoms with E-state index in [9.17, 15) is 9.18 Å². The van der Waals surface area contributed by atoms with Gasteiger partial charge in [0.2, 0.25) is 5.91 Å². The van der Waals surface area contributed by atoms with Gasteiger partial charge in [0.05, 0.1) is 11.1 Å². The molecule has 0 aromatic heterocycles. The minimum absolute atomic E-state index is 0.0168. The Morgan fingerprint density at radius 2 is 2.06 bits per heavy atom. The van der Waals surface area contributed by atoms with E-state index in [4.69, 9.17) is 17.3 Å². The van der Waals surface area contributed by atoms with Crippen LogP contribution in [0.2, 0.25) is 5.02 Å². The molecular weight excluding hydrogens is 243 g/mol. The Bertz CT molecular complexity index is 429. The summed E-state index contributed by atoms with van der Waals surface area (Å²) in [5.41, 5.74) is 5.77. The second kappa shape index (κ2) is 5.02. The van der Waals surface area contributed by atoms with Gasteiger partial charge < -0.3 is 11.1 Å². The van der Waals surface area contributed by atoms with Gasteiger partial charge in [0, 0.05) is 5.69 Å². The first-order chi connectivity index (χ1) is 7.71. The van der Waals surface area contributed by atoms with Crippen molar-refractivity contribution in [3.63, 3.8) is 0 Å². The average Bonchev–Trinajstić information content (AvgIpc) is 2.21. The highest BCUT2D eigenvalue weighted by atomic mass is 35.5. The van der Waals surface area contributed by atoms with E-state index in [1.807, 2.05) is 20.8 Å². The molecule has 0 aliphatic rings. The monoisotopic (exact) mass is 258 g/mol. The summed E-state index contributed by atoms with van der Waals surface area (Å²) in [5.74, 6) is -0.923. The molecule has 0 fully saturated rings. The van der Waals surface area contributed by atoms with Gasteiger partial charge in [0.15, 0.2) is 0 Å². The summed E-state index contributed by atoms with van der Waals surface area (Å²) in [7, 11) is 0. The molecule has 17 heavy (non-hydrogen) atoms. The first-order valence-electron chi connectivity index (χ1n) is 5.23. The van der Waals surface area contributed by atoms with Gasteiger partial charge in [-0.3, -0.25) is 4.79 Å². The zero-order chi connectivity index (χ0) is 13.2. The SMILES string of the molecule is CC(C)(C)[C@H](N)C(=O)Nc1ccc(Cl)c(F)c1. The molecule has 1 amide bonds. The Labute approximate surface area is 105 Å². The maximum atomic E-state index is 13.2. The fourth-order valence-corrected chi connectivity index (χ4v) is 1.30. The zero-order valence-electron chi connectivity index (χ0n) is 10.1. The van der Waals surface area contributed by atoms with Gasteiger partial charge in [-0.15, -0.1) is 0 Å². The smallest absolute Gasteiger partial charge is 0.241 e. The van der Waals surface area contributed by atoms with Crippen molar-refractivity contribution in [3.8, 4) is 0 Å². The van der Waals surface area contributed by atoms with Gasteiger partial charge >= 0.3 is 0 Å². The van der Waals surface area contributed by atoms with Crippen molar-refractivity contribution in [1.29, 1.82) is 0 Å². The predicted molar refractivity (Wildman–Crippen MR) is 67.5 cm³/mol. The van der Waals surface area contributed by atoms with Gasteiger partial charge in [0.25, 0.3) is 0 Å². The van der Waals surface area contributed by atoms with E-state index in [0.29, 0.717) is 5.69 Å². The van der Waals surface area contributed by atoms with E-state index in [1.54, 1.807) is 0 Å². The number of nitrogens with one attached hydrogen (secondary N) is 1. The number of anilines is 1. The van der Waals surface area contributed by atoms with Crippen LogP contribution in [-0.4, -0.2) is 11.9 Å². The summed E-state index contributed by atoms with van der Waals surface area (Å²) in [6.45, 7) is 5.58. The summed E-state index contributed by atoms with van der Waals surface area (Å²) < 4.78 is 13.2. The third kappa shape index (κ3) is 3.68. The molecule has 5 heteroatoms. The Morgan fingerprint density at radius 1 is 1.47 bits per heavy atom. The number of hydrogen-bond donors (Lipinski definition) is 2. The third-order valence-electron chi connectivity index (χ3n) is 2.40. The van der Waals surface area contributed by atoms with Crippen LogP contribution in [0.5, 0.6) is 0 Å². The number of nitrogens with two attached hydrogens (primary N) is 1. The van der Waals surface area contributed by atoms with E-state index in [0.717, 1.165) is 6.07 Å². The number of carbonyl (C=O) groups is 1. The highest BCUT2D eigenvalue weighted by Crippen LogP contribution is 2.21. The first-order valence-corrected chi connectivity index (χ1v) is 5.61. The molecule has 3 N–H and O–H groups in total. The third-order valence-corrected chi connectivity index (χ3v) is 2.71. The van der Waals surface area contributed by atoms with Crippen LogP contribution in [-0.2, 0) is 4.79 Å². The molecule has 0 unspecified atom stereocenters. The van der Waals surface area contributed by atoms with Crippen LogP contribution in [0.1, 0.15) is 20.8 Å². The second-order valence-corrected chi connectivity index (χ2v) is 5.37. The topological polar surface area (TPSA) is 55.1 Å². The molecule has 1 aromatic rings. The molecule has 0 radical (unpaired) electrons. The van der Waals surface area contributed by atoms with Crippen molar-refractivity contribution >= 4 is 23.2 Å². The average molecular weight is 259 g/mol. The normalized spacial score (nSPS) is 13.3. The van der Waals surface area contributed by atoms with Gasteiger partial charge in [0.1, 0.15) is 5.82 Å². The highest BCUT2D eigenvalue weighted by Gasteiger charge is 2.27. The standard InChI is InChI=1S/C12H16ClFN2O/c1-12(2,3)10(15)11(17)16-7-4-5-8(13)9(14)6-7/h4-6,10H,15H2,1-3H3,(H,16,17)/t10-/m1/s1. The number of rotatable bonds is 2. The molecule has 94 valence electrons. The van der Waals surface area contributed by atoms with Crippen LogP contribution < -0.4 is 11.1 Å². The molecule has 3 nitrogen and oxygen atoms in total. The lowest BCUT2D eigenvalue weighted by molar-refractivity contribution is -0.119. The maximum Gasteiger partial charge on any atom is 0.241 e. The summed E-state index contributed by atoms with van der Waals surface area (Å²) >= 11 is 5.54. The second-order valence-electron chi connectivity index (χ2n) is 4.96. The lowest BCUT2D eigenvalue weighted by atomic mass is 9.87. The number of benzene rings is 1. The Balaban J connectivity index is 2.78. The molecule has 1 rings (SSSR count). The summed E-state index contributed by atoms with van der Waals surface area (Å²) in [6, 6.07) is 3.41. The van der Waals surface area contributed by atoms with E-state index in [2.05, 4.69) is 5.32 Å². The van der Waals surface area contributed by atoms with Gasteiger partial charge in [-0.25, -0.2) is 4.39 Å². The number of halogens is 2. The highest BCUT2D eigenvalue weighted by molar-refractivity contribution is 6.30. The Hall–Kier alpha value is -1.13. The molecule has 0 saturated heterocycles. The van der Waals surface area contributed by atoms with Gasteiger partial charge in [-0.05, 0) is 23.6 Å². The van der Waals surface area contributed by atoms with Crippen LogP contribution in [0.25, 0.3) is 0 Å². The lowest BCUT2D eigenvalue weighted by Crippen LogP contribution is -2.45. The van der Waals surface area contributed by atoms with Crippen molar-refractivity contribution in [1.82, 2.24) is 0 Å². The minimum Gasteiger partial charge on any atom is -0.325 e. The van der Waals surface area contributed by atoms with Crippen LogP contribution in [0.3, 0.4) is 0 Å². The molecule has 1 atom stereocenters. The fourth-order valence-electron chi connectivity index (χ4n) is 1.19. The quantitative estimate of drug-likeness (QED) is 0.857. The molecule has 0 spiro atoms. The lowest BCUT2D eigenvalue weighted by Gasteiger charge is -2.25. The minimum atomic E-state index is -0.666. The van der Waals surface area contributed by atoms with Crippen molar-refractivity contribution in [2.75, 3.05) is 5.32 Å². The van der Waals surface area contributed by atoms with E-state index in [-0.39, 0.29) is 16.3 Å². The largest absolute Gasteiger partial charge is 0.325 e.